The smallest absolute Gasteiger partial charge is 0.284 e. The Bertz CT molecular complexity index is 493. The van der Waals surface area contributed by atoms with Gasteiger partial charge >= 0.3 is 0 Å². The molecule has 0 atom stereocenters. The fourth-order valence-electron chi connectivity index (χ4n) is 0.807. The maximum absolute atomic E-state index is 12.3. The van der Waals surface area contributed by atoms with Crippen LogP contribution < -0.4 is 0 Å². The number of halogens is 4. The van der Waals surface area contributed by atoms with Crippen LogP contribution in [0, 0.1) is 0 Å². The van der Waals surface area contributed by atoms with Crippen molar-refractivity contribution in [3.63, 3.8) is 0 Å². The number of nitrogens with zero attached hydrogens (tertiary/aromatic N) is 1. The van der Waals surface area contributed by atoms with Crippen molar-refractivity contribution < 1.29 is 22.3 Å². The molecule has 0 radical (unpaired) electrons. The van der Waals surface area contributed by atoms with E-state index in [2.05, 4.69) is 20.9 Å². The Morgan fingerprint density at radius 3 is 2.47 bits per heavy atom. The molecular weight excluding hydrogens is 319 g/mol. The summed E-state index contributed by atoms with van der Waals surface area (Å²) in [5.41, 5.74) is -1.03. The van der Waals surface area contributed by atoms with Crippen molar-refractivity contribution in [1.82, 2.24) is 4.98 Å². The van der Waals surface area contributed by atoms with Crippen molar-refractivity contribution in [2.45, 2.75) is 11.5 Å². The molecule has 15 heavy (non-hydrogen) atoms. The van der Waals surface area contributed by atoms with Gasteiger partial charge in [-0.25, -0.2) is 22.2 Å². The Labute approximate surface area is 96.4 Å². The lowest BCUT2D eigenvalue weighted by Crippen LogP contribution is -2.01. The summed E-state index contributed by atoms with van der Waals surface area (Å²) in [6.07, 6.45) is -3.09. The normalized spacial score (nSPS) is 12.1. The third-order valence-electron chi connectivity index (χ3n) is 1.39. The molecule has 0 aromatic carbocycles. The second-order valence-corrected chi connectivity index (χ2v) is 5.75. The molecule has 0 aliphatic carbocycles. The summed E-state index contributed by atoms with van der Waals surface area (Å²) in [7, 11) is 0.710. The molecule has 0 amide bonds. The lowest BCUT2D eigenvalue weighted by Gasteiger charge is -2.05. The average molecular weight is 323 g/mol. The third kappa shape index (κ3) is 2.76. The fraction of sp³-hybridized carbons (Fsp3) is 0.167. The zero-order valence-electron chi connectivity index (χ0n) is 6.79. The van der Waals surface area contributed by atoms with Crippen LogP contribution in [0.3, 0.4) is 0 Å². The van der Waals surface area contributed by atoms with Crippen LogP contribution in [0.4, 0.5) is 8.78 Å². The van der Waals surface area contributed by atoms with Crippen molar-refractivity contribution in [1.29, 1.82) is 0 Å². The molecule has 0 aliphatic rings. The average Bonchev–Trinajstić information content (AvgIpc) is 2.00. The highest BCUT2D eigenvalue weighted by Crippen LogP contribution is 2.33. The van der Waals surface area contributed by atoms with Gasteiger partial charge in [-0.05, 0) is 22.0 Å². The maximum Gasteiger partial charge on any atom is 0.284 e. The minimum Gasteiger partial charge on any atom is -0.506 e. The summed E-state index contributed by atoms with van der Waals surface area (Å²) >= 11 is 2.74. The SMILES string of the molecule is O=S(=O)(Cl)c1nc(C(F)F)c(O)cc1Br. The van der Waals surface area contributed by atoms with Crippen LogP contribution >= 0.6 is 26.6 Å². The molecule has 0 fully saturated rings. The van der Waals surface area contributed by atoms with Crippen LogP contribution in [0.2, 0.25) is 0 Å². The molecule has 1 N–H and O–H groups in total. The summed E-state index contributed by atoms with van der Waals surface area (Å²) in [5.74, 6) is -0.805. The first kappa shape index (κ1) is 12.6. The minimum absolute atomic E-state index is 0.181. The molecule has 1 aromatic rings. The topological polar surface area (TPSA) is 67.3 Å². The van der Waals surface area contributed by atoms with Gasteiger partial charge in [-0.3, -0.25) is 0 Å². The van der Waals surface area contributed by atoms with Gasteiger partial charge in [0.05, 0.1) is 4.47 Å². The predicted octanol–water partition coefficient (Wildman–Crippen LogP) is 2.41. The van der Waals surface area contributed by atoms with Gasteiger partial charge in [0.1, 0.15) is 11.4 Å². The fourth-order valence-corrected chi connectivity index (χ4v) is 2.88. The third-order valence-corrected chi connectivity index (χ3v) is 3.47. The lowest BCUT2D eigenvalue weighted by molar-refractivity contribution is 0.141. The Hall–Kier alpha value is -0.470. The molecule has 0 unspecified atom stereocenters. The van der Waals surface area contributed by atoms with Gasteiger partial charge in [-0.1, -0.05) is 0 Å². The van der Waals surface area contributed by atoms with E-state index < -0.39 is 31.9 Å². The molecule has 0 saturated heterocycles. The van der Waals surface area contributed by atoms with Crippen molar-refractivity contribution in [2.24, 2.45) is 0 Å². The summed E-state index contributed by atoms with van der Waals surface area (Å²) in [6, 6.07) is 0.795. The summed E-state index contributed by atoms with van der Waals surface area (Å²) in [4.78, 5) is 3.08. The molecule has 1 aromatic heterocycles. The first-order chi connectivity index (χ1) is 6.73. The molecule has 0 aliphatic heterocycles. The molecule has 0 bridgehead atoms. The predicted molar refractivity (Wildman–Crippen MR) is 51.6 cm³/mol. The van der Waals surface area contributed by atoms with Gasteiger partial charge in [0, 0.05) is 10.7 Å². The molecule has 9 heteroatoms. The summed E-state index contributed by atoms with van der Waals surface area (Å²) in [6.45, 7) is 0. The molecule has 84 valence electrons. The van der Waals surface area contributed by atoms with Gasteiger partial charge in [0.15, 0.2) is 5.03 Å². The van der Waals surface area contributed by atoms with Crippen LogP contribution in [-0.2, 0) is 9.05 Å². The van der Waals surface area contributed by atoms with E-state index in [1.807, 2.05) is 0 Å². The largest absolute Gasteiger partial charge is 0.506 e. The molecule has 0 spiro atoms. The lowest BCUT2D eigenvalue weighted by atomic mass is 10.3. The monoisotopic (exact) mass is 321 g/mol. The van der Waals surface area contributed by atoms with Crippen LogP contribution in [0.5, 0.6) is 5.75 Å². The highest BCUT2D eigenvalue weighted by Gasteiger charge is 2.23. The number of aromatic hydroxyl groups is 1. The molecule has 4 nitrogen and oxygen atoms in total. The van der Waals surface area contributed by atoms with Crippen LogP contribution in [0.25, 0.3) is 0 Å². The Balaban J connectivity index is 3.50. The van der Waals surface area contributed by atoms with E-state index in [-0.39, 0.29) is 4.47 Å². The highest BCUT2D eigenvalue weighted by atomic mass is 79.9. The van der Waals surface area contributed by atoms with E-state index >= 15 is 0 Å². The van der Waals surface area contributed by atoms with E-state index in [0.29, 0.717) is 0 Å². The molecule has 1 heterocycles. The van der Waals surface area contributed by atoms with E-state index in [1.165, 1.54) is 0 Å². The van der Waals surface area contributed by atoms with Crippen LogP contribution in [0.1, 0.15) is 12.1 Å². The zero-order chi connectivity index (χ0) is 11.8. The molecule has 1 rings (SSSR count). The standard InChI is InChI=1S/C6H3BrClF2NO3S/c7-2-1-3(12)4(5(9)10)11-6(2)15(8,13)14/h1,5,12H. The van der Waals surface area contributed by atoms with Crippen LogP contribution in [0.15, 0.2) is 15.6 Å². The van der Waals surface area contributed by atoms with Gasteiger partial charge in [-0.15, -0.1) is 0 Å². The highest BCUT2D eigenvalue weighted by molar-refractivity contribution is 9.10. The number of alkyl halides is 2. The van der Waals surface area contributed by atoms with E-state index in [0.717, 1.165) is 6.07 Å². The quantitative estimate of drug-likeness (QED) is 0.849. The van der Waals surface area contributed by atoms with Gasteiger partial charge in [-0.2, -0.15) is 0 Å². The Kier molecular flexibility index (Phi) is 3.51. The van der Waals surface area contributed by atoms with Crippen molar-refractivity contribution >= 4 is 35.7 Å². The van der Waals surface area contributed by atoms with E-state index in [4.69, 9.17) is 15.8 Å². The minimum atomic E-state index is -4.24. The van der Waals surface area contributed by atoms with Crippen molar-refractivity contribution in [3.8, 4) is 5.75 Å². The second kappa shape index (κ2) is 4.18. The number of hydrogen-bond acceptors (Lipinski definition) is 4. The maximum atomic E-state index is 12.3. The second-order valence-electron chi connectivity index (χ2n) is 2.42. The Morgan fingerprint density at radius 2 is 2.07 bits per heavy atom. The van der Waals surface area contributed by atoms with Gasteiger partial charge in [0.2, 0.25) is 0 Å². The van der Waals surface area contributed by atoms with E-state index in [9.17, 15) is 17.2 Å². The van der Waals surface area contributed by atoms with Gasteiger partial charge < -0.3 is 5.11 Å². The summed E-state index contributed by atoms with van der Waals surface area (Å²) in [5, 5.41) is 8.29. The van der Waals surface area contributed by atoms with Crippen molar-refractivity contribution in [3.05, 3.63) is 16.2 Å². The Morgan fingerprint density at radius 1 is 1.53 bits per heavy atom. The molecule has 0 saturated carbocycles. The first-order valence-corrected chi connectivity index (χ1v) is 6.46. The van der Waals surface area contributed by atoms with Crippen molar-refractivity contribution in [2.75, 3.05) is 0 Å². The zero-order valence-corrected chi connectivity index (χ0v) is 9.94. The van der Waals surface area contributed by atoms with E-state index in [1.54, 1.807) is 0 Å². The summed E-state index contributed by atoms with van der Waals surface area (Å²) < 4.78 is 46.1. The number of rotatable bonds is 2. The van der Waals surface area contributed by atoms with Gasteiger partial charge in [0.25, 0.3) is 15.5 Å². The van der Waals surface area contributed by atoms with Crippen LogP contribution in [-0.4, -0.2) is 18.5 Å². The first-order valence-electron chi connectivity index (χ1n) is 3.35. The number of aromatic nitrogens is 1. The number of pyridine rings is 1. The number of hydrogen-bond donors (Lipinski definition) is 1. The molecular formula is C6H3BrClF2NO3S.